The van der Waals surface area contributed by atoms with Crippen LogP contribution >= 0.6 is 0 Å². The zero-order valence-corrected chi connectivity index (χ0v) is 11.8. The molecule has 0 heterocycles. The van der Waals surface area contributed by atoms with Gasteiger partial charge in [0.1, 0.15) is 0 Å². The Labute approximate surface area is 122 Å². The number of aliphatic hydroxyl groups is 1. The van der Waals surface area contributed by atoms with Gasteiger partial charge in [0, 0.05) is 24.6 Å². The van der Waals surface area contributed by atoms with Crippen molar-refractivity contribution in [2.45, 2.75) is 32.3 Å². The van der Waals surface area contributed by atoms with Crippen LogP contribution in [0.5, 0.6) is 0 Å². The molecule has 0 saturated heterocycles. The lowest BCUT2D eigenvalue weighted by Crippen LogP contribution is -2.35. The summed E-state index contributed by atoms with van der Waals surface area (Å²) in [5.41, 5.74) is 1.09. The highest BCUT2D eigenvalue weighted by molar-refractivity contribution is 5.90. The molecule has 21 heavy (non-hydrogen) atoms. The average molecular weight is 293 g/mol. The molecule has 0 unspecified atom stereocenters. The average Bonchev–Trinajstić information content (AvgIpc) is 2.84. The molecule has 7 heteroatoms. The smallest absolute Gasteiger partial charge is 0.319 e. The van der Waals surface area contributed by atoms with Gasteiger partial charge >= 0.3 is 6.03 Å². The summed E-state index contributed by atoms with van der Waals surface area (Å²) in [6.45, 7) is 2.17. The van der Waals surface area contributed by atoms with Gasteiger partial charge in [0.25, 0.3) is 5.69 Å². The van der Waals surface area contributed by atoms with Crippen molar-refractivity contribution in [1.29, 1.82) is 0 Å². The van der Waals surface area contributed by atoms with Gasteiger partial charge in [-0.25, -0.2) is 4.79 Å². The van der Waals surface area contributed by atoms with Crippen LogP contribution in [0.2, 0.25) is 0 Å². The maximum atomic E-state index is 11.8. The topological polar surface area (TPSA) is 105 Å². The third kappa shape index (κ3) is 3.91. The van der Waals surface area contributed by atoms with Gasteiger partial charge in [-0.3, -0.25) is 10.1 Å². The number of urea groups is 1. The van der Waals surface area contributed by atoms with E-state index in [1.807, 2.05) is 0 Å². The van der Waals surface area contributed by atoms with Crippen LogP contribution in [0.15, 0.2) is 18.2 Å². The number of non-ortho nitro benzene ring substituents is 1. The number of benzene rings is 1. The molecule has 0 spiro atoms. The number of nitro benzene ring substituents is 1. The van der Waals surface area contributed by atoms with Crippen LogP contribution in [-0.4, -0.2) is 28.7 Å². The van der Waals surface area contributed by atoms with Crippen molar-refractivity contribution in [3.8, 4) is 0 Å². The van der Waals surface area contributed by atoms with Crippen LogP contribution in [0.25, 0.3) is 0 Å². The number of rotatable bonds is 4. The molecule has 0 radical (unpaired) electrons. The lowest BCUT2D eigenvalue weighted by molar-refractivity contribution is -0.384. The monoisotopic (exact) mass is 293 g/mol. The first-order chi connectivity index (χ1) is 9.97. The van der Waals surface area contributed by atoms with Crippen LogP contribution in [0.3, 0.4) is 0 Å². The summed E-state index contributed by atoms with van der Waals surface area (Å²) >= 11 is 0. The summed E-state index contributed by atoms with van der Waals surface area (Å²) in [7, 11) is 0. The highest BCUT2D eigenvalue weighted by Gasteiger charge is 2.25. The Bertz CT molecular complexity index is 547. The highest BCUT2D eigenvalue weighted by atomic mass is 16.6. The molecule has 2 rings (SSSR count). The number of carbonyl (C=O) groups is 1. The van der Waals surface area contributed by atoms with Gasteiger partial charge in [0.2, 0.25) is 0 Å². The number of anilines is 1. The Morgan fingerprint density at radius 3 is 2.86 bits per heavy atom. The second-order valence-electron chi connectivity index (χ2n) is 5.35. The Morgan fingerprint density at radius 2 is 2.24 bits per heavy atom. The summed E-state index contributed by atoms with van der Waals surface area (Å²) < 4.78 is 0. The number of hydrogen-bond donors (Lipinski definition) is 3. The zero-order chi connectivity index (χ0) is 15.4. The minimum atomic E-state index is -0.503. The third-order valence-electron chi connectivity index (χ3n) is 3.82. The molecule has 2 atom stereocenters. The summed E-state index contributed by atoms with van der Waals surface area (Å²) in [4.78, 5) is 22.1. The Balaban J connectivity index is 1.93. The van der Waals surface area contributed by atoms with Crippen LogP contribution in [-0.2, 0) is 0 Å². The number of nitrogens with zero attached hydrogens (tertiary/aromatic N) is 1. The summed E-state index contributed by atoms with van der Waals surface area (Å²) in [5, 5.41) is 25.7. The van der Waals surface area contributed by atoms with Crippen molar-refractivity contribution in [3.63, 3.8) is 0 Å². The van der Waals surface area contributed by atoms with Gasteiger partial charge in [-0.05, 0) is 25.3 Å². The molecule has 1 aromatic rings. The predicted octanol–water partition coefficient (Wildman–Crippen LogP) is 2.19. The molecule has 1 aliphatic carbocycles. The third-order valence-corrected chi connectivity index (χ3v) is 3.82. The zero-order valence-electron chi connectivity index (χ0n) is 11.8. The van der Waals surface area contributed by atoms with E-state index in [-0.39, 0.29) is 17.7 Å². The largest absolute Gasteiger partial charge is 0.393 e. The second-order valence-corrected chi connectivity index (χ2v) is 5.35. The van der Waals surface area contributed by atoms with Crippen molar-refractivity contribution in [2.24, 2.45) is 5.92 Å². The lowest BCUT2D eigenvalue weighted by Gasteiger charge is -2.16. The van der Waals surface area contributed by atoms with E-state index in [2.05, 4.69) is 10.6 Å². The van der Waals surface area contributed by atoms with E-state index in [1.54, 1.807) is 13.0 Å². The molecular formula is C14H19N3O4. The first-order valence-corrected chi connectivity index (χ1v) is 6.95. The number of carbonyl (C=O) groups excluding carboxylic acids is 1. The first-order valence-electron chi connectivity index (χ1n) is 6.95. The molecule has 1 fully saturated rings. The van der Waals surface area contributed by atoms with Gasteiger partial charge in [-0.2, -0.15) is 0 Å². The van der Waals surface area contributed by atoms with E-state index in [4.69, 9.17) is 0 Å². The Morgan fingerprint density at radius 1 is 1.48 bits per heavy atom. The van der Waals surface area contributed by atoms with Gasteiger partial charge in [0.05, 0.1) is 16.7 Å². The van der Waals surface area contributed by atoms with Gasteiger partial charge in [0.15, 0.2) is 0 Å². The van der Waals surface area contributed by atoms with Gasteiger partial charge in [-0.1, -0.05) is 12.5 Å². The normalized spacial score (nSPS) is 21.0. The maximum Gasteiger partial charge on any atom is 0.319 e. The number of amides is 2. The predicted molar refractivity (Wildman–Crippen MR) is 78.2 cm³/mol. The molecule has 1 aromatic carbocycles. The van der Waals surface area contributed by atoms with E-state index in [0.717, 1.165) is 24.8 Å². The standard InChI is InChI=1S/C14H19N3O4/c1-9-5-6-11(17(20)21)7-12(9)16-14(19)15-8-10-3-2-4-13(10)18/h5-7,10,13,18H,2-4,8H2,1H3,(H2,15,16,19)/t10-,13+/m1/s1. The molecular weight excluding hydrogens is 274 g/mol. The van der Waals surface area contributed by atoms with E-state index >= 15 is 0 Å². The van der Waals surface area contributed by atoms with Crippen molar-refractivity contribution < 1.29 is 14.8 Å². The Hall–Kier alpha value is -2.15. The second kappa shape index (κ2) is 6.53. The van der Waals surface area contributed by atoms with Crippen molar-refractivity contribution >= 4 is 17.4 Å². The molecule has 3 N–H and O–H groups in total. The van der Waals surface area contributed by atoms with Crippen LogP contribution in [0.1, 0.15) is 24.8 Å². The summed E-state index contributed by atoms with van der Waals surface area (Å²) in [5.74, 6) is 0.0851. The van der Waals surface area contributed by atoms with Crippen LogP contribution < -0.4 is 10.6 Å². The van der Waals surface area contributed by atoms with Crippen molar-refractivity contribution in [2.75, 3.05) is 11.9 Å². The van der Waals surface area contributed by atoms with E-state index in [9.17, 15) is 20.0 Å². The lowest BCUT2D eigenvalue weighted by atomic mass is 10.1. The Kier molecular flexibility index (Phi) is 4.74. The van der Waals surface area contributed by atoms with E-state index < -0.39 is 11.0 Å². The number of aryl methyl sites for hydroxylation is 1. The fourth-order valence-electron chi connectivity index (χ4n) is 2.50. The minimum absolute atomic E-state index is 0.0675. The van der Waals surface area contributed by atoms with Gasteiger partial charge < -0.3 is 15.7 Å². The highest BCUT2D eigenvalue weighted by Crippen LogP contribution is 2.25. The molecule has 1 aliphatic rings. The van der Waals surface area contributed by atoms with Gasteiger partial charge in [-0.15, -0.1) is 0 Å². The summed E-state index contributed by atoms with van der Waals surface area (Å²) in [6.07, 6.45) is 2.29. The molecule has 7 nitrogen and oxygen atoms in total. The first kappa shape index (κ1) is 15.2. The number of aliphatic hydroxyl groups excluding tert-OH is 1. The van der Waals surface area contributed by atoms with Crippen molar-refractivity contribution in [3.05, 3.63) is 33.9 Å². The van der Waals surface area contributed by atoms with Crippen LogP contribution in [0, 0.1) is 23.0 Å². The number of nitrogens with one attached hydrogen (secondary N) is 2. The molecule has 0 aromatic heterocycles. The number of hydrogen-bond acceptors (Lipinski definition) is 4. The van der Waals surface area contributed by atoms with Crippen LogP contribution in [0.4, 0.5) is 16.2 Å². The maximum absolute atomic E-state index is 11.8. The minimum Gasteiger partial charge on any atom is -0.393 e. The number of nitro groups is 1. The van der Waals surface area contributed by atoms with E-state index in [1.165, 1.54) is 12.1 Å². The fraction of sp³-hybridized carbons (Fsp3) is 0.500. The fourth-order valence-corrected chi connectivity index (χ4v) is 2.50. The quantitative estimate of drug-likeness (QED) is 0.584. The molecule has 1 saturated carbocycles. The molecule has 0 aliphatic heterocycles. The molecule has 114 valence electrons. The molecule has 0 bridgehead atoms. The summed E-state index contributed by atoms with van der Waals surface area (Å²) in [6, 6.07) is 3.90. The molecule has 2 amide bonds. The van der Waals surface area contributed by atoms with E-state index in [0.29, 0.717) is 12.2 Å². The SMILES string of the molecule is Cc1ccc([N+](=O)[O-])cc1NC(=O)NC[C@H]1CCC[C@@H]1O. The van der Waals surface area contributed by atoms with Crippen molar-refractivity contribution in [1.82, 2.24) is 5.32 Å².